The van der Waals surface area contributed by atoms with E-state index in [1.54, 1.807) is 17.5 Å². The van der Waals surface area contributed by atoms with Gasteiger partial charge in [-0.05, 0) is 80.1 Å². The Morgan fingerprint density at radius 3 is 2.65 bits per heavy atom. The molecule has 0 aliphatic rings. The molecule has 1 amide bonds. The Kier molecular flexibility index (Phi) is 6.95. The number of carbonyl (C=O) groups excluding carboxylic acids is 1. The average molecular weight is 473 g/mol. The van der Waals surface area contributed by atoms with Gasteiger partial charge in [0, 0.05) is 21.4 Å². The number of thiophene rings is 1. The minimum absolute atomic E-state index is 0.163. The first-order chi connectivity index (χ1) is 14.5. The molecule has 1 unspecified atom stereocenters. The van der Waals surface area contributed by atoms with Gasteiger partial charge < -0.3 is 10.1 Å². The van der Waals surface area contributed by atoms with Gasteiger partial charge in [-0.1, -0.05) is 5.92 Å². The number of hydrogen-bond donors (Lipinski definition) is 1. The van der Waals surface area contributed by atoms with Crippen LogP contribution < -0.4 is 10.1 Å². The third-order valence-electron chi connectivity index (χ3n) is 4.83. The van der Waals surface area contributed by atoms with Gasteiger partial charge in [0.25, 0.3) is 5.91 Å². The zero-order valence-corrected chi connectivity index (χ0v) is 21.1. The number of rotatable bonds is 7. The van der Waals surface area contributed by atoms with Crippen molar-refractivity contribution in [2.45, 2.75) is 29.0 Å². The predicted molar refractivity (Wildman–Crippen MR) is 137 cm³/mol. The Bertz CT molecular complexity index is 1140. The maximum absolute atomic E-state index is 13.0. The highest BCUT2D eigenvalue weighted by Crippen LogP contribution is 2.49. The third-order valence-corrected chi connectivity index (χ3v) is 9.40. The predicted octanol–water partition coefficient (Wildman–Crippen LogP) is 5.45. The number of benzene rings is 1. The standard InChI is InChI=1S/C24H28N2O2S3/c1-8-16-11-17-12-19(9-10-20(17)25-14-16)28-23(29-4)22(27)26-24(2,3)18-13-21(30-15-18)31(5,6)7/h1,9-15,23H,2-7H3,(H,26,27). The van der Waals surface area contributed by atoms with Crippen molar-refractivity contribution >= 4 is 49.9 Å². The SMILES string of the molecule is C#Cc1cnc2ccc(OC(SC)C(=O)NC(C)(C)c3csc(S(C)(C)C)c3)cc2c1. The minimum atomic E-state index is -0.796. The van der Waals surface area contributed by atoms with Gasteiger partial charge in [0.2, 0.25) is 5.44 Å². The number of nitrogens with one attached hydrogen (secondary N) is 1. The summed E-state index contributed by atoms with van der Waals surface area (Å²) < 4.78 is 7.40. The van der Waals surface area contributed by atoms with Crippen LogP contribution in [0.2, 0.25) is 0 Å². The second kappa shape index (κ2) is 9.15. The second-order valence-corrected chi connectivity index (χ2v) is 14.7. The van der Waals surface area contributed by atoms with Crippen molar-refractivity contribution in [1.82, 2.24) is 10.3 Å². The Labute approximate surface area is 194 Å². The molecular weight excluding hydrogens is 444 g/mol. The van der Waals surface area contributed by atoms with Gasteiger partial charge >= 0.3 is 0 Å². The second-order valence-electron chi connectivity index (χ2n) is 8.51. The molecule has 0 bridgehead atoms. The smallest absolute Gasteiger partial charge is 0.272 e. The summed E-state index contributed by atoms with van der Waals surface area (Å²) in [5.41, 5.74) is 1.47. The molecule has 7 heteroatoms. The molecule has 2 heterocycles. The highest BCUT2D eigenvalue weighted by atomic mass is 32.3. The summed E-state index contributed by atoms with van der Waals surface area (Å²) in [6.07, 6.45) is 15.8. The van der Waals surface area contributed by atoms with E-state index < -0.39 is 21.0 Å². The molecule has 3 rings (SSSR count). The summed E-state index contributed by atoms with van der Waals surface area (Å²) in [7, 11) is -0.796. The van der Waals surface area contributed by atoms with Crippen molar-refractivity contribution in [3.05, 3.63) is 53.0 Å². The molecule has 0 radical (unpaired) electrons. The monoisotopic (exact) mass is 472 g/mol. The number of ether oxygens (including phenoxy) is 1. The van der Waals surface area contributed by atoms with Gasteiger partial charge in [0.1, 0.15) is 5.75 Å². The lowest BCUT2D eigenvalue weighted by Crippen LogP contribution is -2.46. The van der Waals surface area contributed by atoms with Crippen molar-refractivity contribution in [1.29, 1.82) is 0 Å². The van der Waals surface area contributed by atoms with E-state index in [0.29, 0.717) is 11.3 Å². The molecule has 31 heavy (non-hydrogen) atoms. The maximum Gasteiger partial charge on any atom is 0.272 e. The zero-order chi connectivity index (χ0) is 22.8. The molecule has 0 spiro atoms. The number of terminal acetylenes is 1. The van der Waals surface area contributed by atoms with E-state index in [-0.39, 0.29) is 5.91 Å². The molecule has 3 aromatic rings. The molecule has 2 aromatic heterocycles. The molecule has 1 N–H and O–H groups in total. The van der Waals surface area contributed by atoms with Crippen LogP contribution in [0.4, 0.5) is 0 Å². The first-order valence-corrected chi connectivity index (χ1v) is 14.7. The summed E-state index contributed by atoms with van der Waals surface area (Å²) in [5.74, 6) is 3.03. The number of pyridine rings is 1. The highest BCUT2D eigenvalue weighted by Gasteiger charge is 2.29. The largest absolute Gasteiger partial charge is 0.470 e. The summed E-state index contributed by atoms with van der Waals surface area (Å²) >= 11 is 3.12. The molecule has 4 nitrogen and oxygen atoms in total. The van der Waals surface area contributed by atoms with Crippen LogP contribution in [0.25, 0.3) is 10.9 Å². The van der Waals surface area contributed by atoms with Gasteiger partial charge in [-0.3, -0.25) is 9.78 Å². The van der Waals surface area contributed by atoms with Crippen LogP contribution in [0.3, 0.4) is 0 Å². The Morgan fingerprint density at radius 1 is 1.29 bits per heavy atom. The highest BCUT2D eigenvalue weighted by molar-refractivity contribution is 8.33. The van der Waals surface area contributed by atoms with E-state index >= 15 is 0 Å². The van der Waals surface area contributed by atoms with Crippen LogP contribution in [0.15, 0.2) is 46.1 Å². The van der Waals surface area contributed by atoms with Crippen LogP contribution in [0.5, 0.6) is 5.75 Å². The van der Waals surface area contributed by atoms with Crippen molar-refractivity contribution in [3.63, 3.8) is 0 Å². The van der Waals surface area contributed by atoms with Gasteiger partial charge in [-0.2, -0.15) is 0 Å². The lowest BCUT2D eigenvalue weighted by Gasteiger charge is -2.28. The van der Waals surface area contributed by atoms with E-state index in [0.717, 1.165) is 16.5 Å². The van der Waals surface area contributed by atoms with Crippen molar-refractivity contribution < 1.29 is 9.53 Å². The molecular formula is C24H28N2O2S3. The van der Waals surface area contributed by atoms with E-state index in [1.807, 2.05) is 44.4 Å². The van der Waals surface area contributed by atoms with Crippen LogP contribution in [-0.2, 0) is 10.3 Å². The van der Waals surface area contributed by atoms with Gasteiger partial charge in [-0.25, -0.2) is 10.0 Å². The molecule has 164 valence electrons. The topological polar surface area (TPSA) is 51.2 Å². The first kappa shape index (κ1) is 23.5. The van der Waals surface area contributed by atoms with Gasteiger partial charge in [0.15, 0.2) is 0 Å². The molecule has 0 saturated heterocycles. The number of thioether (sulfide) groups is 1. The molecule has 1 atom stereocenters. The van der Waals surface area contributed by atoms with E-state index in [4.69, 9.17) is 11.2 Å². The summed E-state index contributed by atoms with van der Waals surface area (Å²) in [6.45, 7) is 4.05. The number of carbonyl (C=O) groups is 1. The normalized spacial score (nSPS) is 13.5. The quantitative estimate of drug-likeness (QED) is 0.367. The fourth-order valence-corrected chi connectivity index (χ4v) is 6.06. The Hall–Kier alpha value is -2.14. The zero-order valence-electron chi connectivity index (χ0n) is 18.7. The van der Waals surface area contributed by atoms with E-state index in [1.165, 1.54) is 16.0 Å². The van der Waals surface area contributed by atoms with Crippen molar-refractivity contribution in [2.24, 2.45) is 0 Å². The summed E-state index contributed by atoms with van der Waals surface area (Å²) in [4.78, 5) is 17.4. The number of fused-ring (bicyclic) bond motifs is 1. The van der Waals surface area contributed by atoms with Crippen LogP contribution in [0, 0.1) is 12.3 Å². The Morgan fingerprint density at radius 2 is 2.03 bits per heavy atom. The maximum atomic E-state index is 13.0. The lowest BCUT2D eigenvalue weighted by molar-refractivity contribution is -0.126. The molecule has 1 aromatic carbocycles. The third kappa shape index (κ3) is 5.57. The summed E-state index contributed by atoms with van der Waals surface area (Å²) in [5, 5.41) is 6.18. The van der Waals surface area contributed by atoms with E-state index in [2.05, 4.69) is 46.4 Å². The van der Waals surface area contributed by atoms with Crippen molar-refractivity contribution in [2.75, 3.05) is 25.0 Å². The average Bonchev–Trinajstić information content (AvgIpc) is 3.23. The minimum Gasteiger partial charge on any atom is -0.470 e. The molecule has 0 aliphatic heterocycles. The first-order valence-electron chi connectivity index (χ1n) is 9.69. The van der Waals surface area contributed by atoms with Crippen LogP contribution in [-0.4, -0.2) is 41.4 Å². The van der Waals surface area contributed by atoms with Gasteiger partial charge in [-0.15, -0.1) is 29.5 Å². The number of amides is 1. The fourth-order valence-electron chi connectivity index (χ4n) is 3.00. The fraction of sp³-hybridized carbons (Fsp3) is 0.333. The number of aromatic nitrogens is 1. The van der Waals surface area contributed by atoms with Crippen LogP contribution >= 0.6 is 33.1 Å². The lowest BCUT2D eigenvalue weighted by atomic mass is 9.97. The Balaban J connectivity index is 1.76. The molecule has 0 fully saturated rings. The van der Waals surface area contributed by atoms with Crippen LogP contribution in [0.1, 0.15) is 25.0 Å². The van der Waals surface area contributed by atoms with E-state index in [9.17, 15) is 4.79 Å². The molecule has 0 saturated carbocycles. The number of nitrogens with zero attached hydrogens (tertiary/aromatic N) is 1. The summed E-state index contributed by atoms with van der Waals surface area (Å²) in [6, 6.07) is 9.66. The molecule has 0 aliphatic carbocycles. The number of hydrogen-bond acceptors (Lipinski definition) is 5. The van der Waals surface area contributed by atoms with Gasteiger partial charge in [0.05, 0.1) is 11.1 Å². The van der Waals surface area contributed by atoms with Crippen molar-refractivity contribution in [3.8, 4) is 18.1 Å².